The van der Waals surface area contributed by atoms with Crippen LogP contribution in [0.15, 0.2) is 29.6 Å². The van der Waals surface area contributed by atoms with Gasteiger partial charge in [0.2, 0.25) is 0 Å². The topological polar surface area (TPSA) is 6.48 Å². The zero-order valence-electron chi connectivity index (χ0n) is 10.8. The van der Waals surface area contributed by atoms with E-state index in [2.05, 4.69) is 60.5 Å². The van der Waals surface area contributed by atoms with Crippen LogP contribution in [0.3, 0.4) is 0 Å². The molecule has 0 fully saturated rings. The maximum atomic E-state index is 2.35. The molecule has 2 nitrogen and oxygen atoms in total. The van der Waals surface area contributed by atoms with Crippen LogP contribution < -0.4 is 4.90 Å². The molecule has 0 aliphatic rings. The summed E-state index contributed by atoms with van der Waals surface area (Å²) in [6.45, 7) is 5.48. The van der Waals surface area contributed by atoms with Crippen molar-refractivity contribution in [3.8, 4) is 0 Å². The average molecular weight is 248 g/mol. The molecule has 0 spiro atoms. The van der Waals surface area contributed by atoms with Crippen molar-refractivity contribution in [2.75, 3.05) is 38.6 Å². The number of rotatable bonds is 5. The fraction of sp³-hybridized carbons (Fsp3) is 0.429. The van der Waals surface area contributed by atoms with Gasteiger partial charge in [0, 0.05) is 35.9 Å². The Hall–Kier alpha value is -1.06. The molecule has 92 valence electrons. The number of hydrogen-bond donors (Lipinski definition) is 0. The van der Waals surface area contributed by atoms with Crippen LogP contribution in [0, 0.1) is 0 Å². The molecule has 0 aliphatic heterocycles. The normalized spacial score (nSPS) is 11.3. The molecule has 0 atom stereocenters. The fourth-order valence-electron chi connectivity index (χ4n) is 1.91. The molecule has 1 heterocycles. The zero-order valence-corrected chi connectivity index (χ0v) is 11.6. The third-order valence-corrected chi connectivity index (χ3v) is 4.12. The van der Waals surface area contributed by atoms with Crippen LogP contribution in [0.5, 0.6) is 0 Å². The number of nitrogens with zero attached hydrogens (tertiary/aromatic N) is 2. The van der Waals surface area contributed by atoms with Gasteiger partial charge < -0.3 is 9.80 Å². The summed E-state index contributed by atoms with van der Waals surface area (Å²) in [6, 6.07) is 8.76. The predicted octanol–water partition coefficient (Wildman–Crippen LogP) is 3.29. The van der Waals surface area contributed by atoms with Gasteiger partial charge in [-0.3, -0.25) is 0 Å². The smallest absolute Gasteiger partial charge is 0.0452 e. The van der Waals surface area contributed by atoms with E-state index in [0.717, 1.165) is 19.6 Å². The van der Waals surface area contributed by atoms with Gasteiger partial charge in [-0.05, 0) is 37.2 Å². The van der Waals surface area contributed by atoms with Gasteiger partial charge in [-0.15, -0.1) is 11.3 Å². The highest BCUT2D eigenvalue weighted by atomic mass is 32.1. The third kappa shape index (κ3) is 2.79. The lowest BCUT2D eigenvalue weighted by molar-refractivity contribution is 0.361. The van der Waals surface area contributed by atoms with Crippen molar-refractivity contribution in [1.82, 2.24) is 4.90 Å². The highest BCUT2D eigenvalue weighted by molar-refractivity contribution is 7.17. The second kappa shape index (κ2) is 5.52. The van der Waals surface area contributed by atoms with Gasteiger partial charge in [-0.1, -0.05) is 13.0 Å². The summed E-state index contributed by atoms with van der Waals surface area (Å²) in [5.74, 6) is 0. The lowest BCUT2D eigenvalue weighted by Gasteiger charge is -2.23. The maximum absolute atomic E-state index is 2.35. The standard InChI is InChI=1S/C14H20N2S/c1-4-15(2)9-10-16(3)13-6-5-7-14-12(13)8-11-17-14/h5-8,11H,4,9-10H2,1-3H3. The van der Waals surface area contributed by atoms with Gasteiger partial charge in [-0.25, -0.2) is 0 Å². The van der Waals surface area contributed by atoms with Crippen molar-refractivity contribution in [1.29, 1.82) is 0 Å². The van der Waals surface area contributed by atoms with Crippen LogP contribution in [-0.2, 0) is 0 Å². The van der Waals surface area contributed by atoms with Crippen LogP contribution in [-0.4, -0.2) is 38.6 Å². The number of likely N-dealkylation sites (N-methyl/N-ethyl adjacent to an activating group) is 2. The molecular weight excluding hydrogens is 228 g/mol. The molecule has 2 rings (SSSR count). The molecule has 3 heteroatoms. The lowest BCUT2D eigenvalue weighted by atomic mass is 10.2. The van der Waals surface area contributed by atoms with Gasteiger partial charge in [0.25, 0.3) is 0 Å². The second-order valence-corrected chi connectivity index (χ2v) is 5.37. The second-order valence-electron chi connectivity index (χ2n) is 4.43. The van der Waals surface area contributed by atoms with E-state index in [1.165, 1.54) is 15.8 Å². The first-order valence-corrected chi connectivity index (χ1v) is 6.96. The van der Waals surface area contributed by atoms with E-state index >= 15 is 0 Å². The van der Waals surface area contributed by atoms with Gasteiger partial charge in [0.05, 0.1) is 0 Å². The molecule has 0 bridgehead atoms. The molecule has 0 amide bonds. The first-order chi connectivity index (χ1) is 8.22. The molecule has 0 N–H and O–H groups in total. The quantitative estimate of drug-likeness (QED) is 0.801. The molecule has 0 radical (unpaired) electrons. The minimum Gasteiger partial charge on any atom is -0.373 e. The van der Waals surface area contributed by atoms with E-state index < -0.39 is 0 Å². The molecule has 17 heavy (non-hydrogen) atoms. The molecule has 1 aromatic carbocycles. The summed E-state index contributed by atoms with van der Waals surface area (Å²) in [5, 5.41) is 3.54. The Morgan fingerprint density at radius 1 is 1.12 bits per heavy atom. The highest BCUT2D eigenvalue weighted by Gasteiger charge is 2.07. The summed E-state index contributed by atoms with van der Waals surface area (Å²) < 4.78 is 1.37. The highest BCUT2D eigenvalue weighted by Crippen LogP contribution is 2.29. The molecule has 2 aromatic rings. The van der Waals surface area contributed by atoms with Gasteiger partial charge in [0.1, 0.15) is 0 Å². The molecule has 0 unspecified atom stereocenters. The number of thiophene rings is 1. The number of benzene rings is 1. The first kappa shape index (κ1) is 12.4. The summed E-state index contributed by atoms with van der Waals surface area (Å²) >= 11 is 1.81. The van der Waals surface area contributed by atoms with E-state index in [1.807, 2.05) is 11.3 Å². The van der Waals surface area contributed by atoms with E-state index in [1.54, 1.807) is 0 Å². The van der Waals surface area contributed by atoms with Crippen molar-refractivity contribution in [3.05, 3.63) is 29.6 Å². The Balaban J connectivity index is 2.13. The van der Waals surface area contributed by atoms with Gasteiger partial charge >= 0.3 is 0 Å². The monoisotopic (exact) mass is 248 g/mol. The van der Waals surface area contributed by atoms with E-state index in [9.17, 15) is 0 Å². The Kier molecular flexibility index (Phi) is 4.02. The van der Waals surface area contributed by atoms with Crippen LogP contribution in [0.25, 0.3) is 10.1 Å². The largest absolute Gasteiger partial charge is 0.373 e. The Morgan fingerprint density at radius 3 is 2.71 bits per heavy atom. The predicted molar refractivity (Wildman–Crippen MR) is 78.3 cm³/mol. The Morgan fingerprint density at radius 2 is 1.94 bits per heavy atom. The van der Waals surface area contributed by atoms with Gasteiger partial charge in [0.15, 0.2) is 0 Å². The molecule has 0 saturated heterocycles. The van der Waals surface area contributed by atoms with Gasteiger partial charge in [-0.2, -0.15) is 0 Å². The Labute approximate surface area is 107 Å². The SMILES string of the molecule is CCN(C)CCN(C)c1cccc2sccc12. The summed E-state index contributed by atoms with van der Waals surface area (Å²) in [4.78, 5) is 4.69. The Bertz CT molecular complexity index is 478. The molecule has 1 aromatic heterocycles. The number of anilines is 1. The minimum atomic E-state index is 1.07. The molecule has 0 saturated carbocycles. The van der Waals surface area contributed by atoms with Crippen LogP contribution in [0.1, 0.15) is 6.92 Å². The van der Waals surface area contributed by atoms with E-state index in [0.29, 0.717) is 0 Å². The van der Waals surface area contributed by atoms with E-state index in [-0.39, 0.29) is 0 Å². The third-order valence-electron chi connectivity index (χ3n) is 3.24. The number of hydrogen-bond acceptors (Lipinski definition) is 3. The van der Waals surface area contributed by atoms with Crippen LogP contribution in [0.2, 0.25) is 0 Å². The van der Waals surface area contributed by atoms with Crippen molar-refractivity contribution >= 4 is 27.1 Å². The maximum Gasteiger partial charge on any atom is 0.0452 e. The summed E-state index contributed by atoms with van der Waals surface area (Å²) in [6.07, 6.45) is 0. The van der Waals surface area contributed by atoms with Crippen molar-refractivity contribution in [2.24, 2.45) is 0 Å². The lowest BCUT2D eigenvalue weighted by Crippen LogP contribution is -2.30. The van der Waals surface area contributed by atoms with E-state index in [4.69, 9.17) is 0 Å². The molecular formula is C14H20N2S. The summed E-state index contributed by atoms with van der Waals surface area (Å²) in [7, 11) is 4.34. The molecule has 0 aliphatic carbocycles. The zero-order chi connectivity index (χ0) is 12.3. The van der Waals surface area contributed by atoms with Crippen LogP contribution >= 0.6 is 11.3 Å². The van der Waals surface area contributed by atoms with Crippen molar-refractivity contribution in [2.45, 2.75) is 6.92 Å². The average Bonchev–Trinajstić information content (AvgIpc) is 2.83. The summed E-state index contributed by atoms with van der Waals surface area (Å²) in [5.41, 5.74) is 1.34. The fourth-order valence-corrected chi connectivity index (χ4v) is 2.72. The van der Waals surface area contributed by atoms with Crippen molar-refractivity contribution in [3.63, 3.8) is 0 Å². The first-order valence-electron chi connectivity index (χ1n) is 6.08. The van der Waals surface area contributed by atoms with Crippen LogP contribution in [0.4, 0.5) is 5.69 Å². The van der Waals surface area contributed by atoms with Crippen molar-refractivity contribution < 1.29 is 0 Å². The number of fused-ring (bicyclic) bond motifs is 1. The minimum absolute atomic E-state index is 1.07.